The molecule has 1 atom stereocenters. The van der Waals surface area contributed by atoms with E-state index in [1.807, 2.05) is 36.6 Å². The Kier molecular flexibility index (Phi) is 3.74. The molecule has 94 valence electrons. The number of benzene rings is 1. The molecule has 1 aromatic carbocycles. The number of anilines is 1. The Hall–Kier alpha value is -1.72. The lowest BCUT2D eigenvalue weighted by atomic mass is 10.1. The van der Waals surface area contributed by atoms with Gasteiger partial charge in [0.15, 0.2) is 0 Å². The minimum Gasteiger partial charge on any atom is -0.325 e. The van der Waals surface area contributed by atoms with Crippen LogP contribution in [0.3, 0.4) is 0 Å². The molecule has 1 aromatic heterocycles. The summed E-state index contributed by atoms with van der Waals surface area (Å²) < 4.78 is 0. The fraction of sp³-hybridized carbons (Fsp3) is 0.231. The van der Waals surface area contributed by atoms with E-state index in [0.717, 1.165) is 22.0 Å². The summed E-state index contributed by atoms with van der Waals surface area (Å²) in [5.41, 5.74) is 8.16. The molecule has 0 bridgehead atoms. The molecule has 4 nitrogen and oxygen atoms in total. The molecule has 0 unspecified atom stereocenters. The number of nitrogens with two attached hydrogens (primary N) is 1. The van der Waals surface area contributed by atoms with Gasteiger partial charge in [0.05, 0.1) is 16.7 Å². The van der Waals surface area contributed by atoms with E-state index in [9.17, 15) is 4.79 Å². The van der Waals surface area contributed by atoms with Gasteiger partial charge in [0.1, 0.15) is 0 Å². The Morgan fingerprint density at radius 1 is 1.50 bits per heavy atom. The summed E-state index contributed by atoms with van der Waals surface area (Å²) in [6.07, 6.45) is 0. The van der Waals surface area contributed by atoms with E-state index >= 15 is 0 Å². The molecule has 0 aliphatic rings. The molecule has 5 heteroatoms. The van der Waals surface area contributed by atoms with Crippen molar-refractivity contribution in [3.8, 4) is 11.3 Å². The molecule has 0 saturated carbocycles. The average molecular weight is 261 g/mol. The molecule has 0 saturated heterocycles. The first-order valence-electron chi connectivity index (χ1n) is 5.65. The number of rotatable bonds is 3. The van der Waals surface area contributed by atoms with Crippen LogP contribution in [0.5, 0.6) is 0 Å². The quantitative estimate of drug-likeness (QED) is 0.891. The number of hydrogen-bond donors (Lipinski definition) is 2. The van der Waals surface area contributed by atoms with Crippen molar-refractivity contribution in [2.24, 2.45) is 5.73 Å². The van der Waals surface area contributed by atoms with Crippen molar-refractivity contribution >= 4 is 22.9 Å². The lowest BCUT2D eigenvalue weighted by Gasteiger charge is -2.08. The van der Waals surface area contributed by atoms with E-state index in [-0.39, 0.29) is 5.91 Å². The normalized spacial score (nSPS) is 12.2. The highest BCUT2D eigenvalue weighted by Crippen LogP contribution is 2.24. The smallest absolute Gasteiger partial charge is 0.240 e. The molecule has 1 heterocycles. The zero-order valence-corrected chi connectivity index (χ0v) is 11.1. The van der Waals surface area contributed by atoms with Gasteiger partial charge in [-0.25, -0.2) is 4.98 Å². The Balaban J connectivity index is 2.23. The van der Waals surface area contributed by atoms with Crippen LogP contribution in [0.4, 0.5) is 5.69 Å². The molecule has 0 aliphatic heterocycles. The fourth-order valence-corrected chi connectivity index (χ4v) is 2.13. The zero-order chi connectivity index (χ0) is 13.1. The van der Waals surface area contributed by atoms with Gasteiger partial charge in [-0.1, -0.05) is 12.1 Å². The van der Waals surface area contributed by atoms with Crippen molar-refractivity contribution in [2.45, 2.75) is 19.9 Å². The van der Waals surface area contributed by atoms with E-state index in [1.165, 1.54) is 0 Å². The summed E-state index contributed by atoms with van der Waals surface area (Å²) in [7, 11) is 0. The van der Waals surface area contributed by atoms with Crippen LogP contribution in [0.25, 0.3) is 11.3 Å². The van der Waals surface area contributed by atoms with E-state index < -0.39 is 6.04 Å². The van der Waals surface area contributed by atoms with Crippen molar-refractivity contribution in [3.63, 3.8) is 0 Å². The first-order valence-corrected chi connectivity index (χ1v) is 6.53. The van der Waals surface area contributed by atoms with Crippen LogP contribution in [-0.2, 0) is 4.79 Å². The van der Waals surface area contributed by atoms with Gasteiger partial charge < -0.3 is 11.1 Å². The third-order valence-corrected chi connectivity index (χ3v) is 3.23. The Morgan fingerprint density at radius 2 is 2.28 bits per heavy atom. The number of thiazole rings is 1. The second-order valence-corrected chi connectivity index (χ2v) is 5.17. The molecule has 0 spiro atoms. The highest BCUT2D eigenvalue weighted by Gasteiger charge is 2.08. The van der Waals surface area contributed by atoms with Gasteiger partial charge in [-0.3, -0.25) is 4.79 Å². The minimum atomic E-state index is -0.518. The highest BCUT2D eigenvalue weighted by atomic mass is 32.1. The standard InChI is InChI=1S/C13H15N3OS/c1-8(14)13(17)16-11-5-3-4-10(6-11)12-7-18-9(2)15-12/h3-8H,14H2,1-2H3,(H,16,17)/t8-/m0/s1. The highest BCUT2D eigenvalue weighted by molar-refractivity contribution is 7.09. The zero-order valence-electron chi connectivity index (χ0n) is 10.3. The Morgan fingerprint density at radius 3 is 2.89 bits per heavy atom. The largest absolute Gasteiger partial charge is 0.325 e. The lowest BCUT2D eigenvalue weighted by Crippen LogP contribution is -2.32. The Bertz CT molecular complexity index is 563. The van der Waals surface area contributed by atoms with Crippen LogP contribution in [0, 0.1) is 6.92 Å². The van der Waals surface area contributed by atoms with Crippen LogP contribution in [-0.4, -0.2) is 16.9 Å². The van der Waals surface area contributed by atoms with Crippen molar-refractivity contribution in [3.05, 3.63) is 34.7 Å². The molecule has 0 aliphatic carbocycles. The summed E-state index contributed by atoms with van der Waals surface area (Å²) >= 11 is 1.61. The second-order valence-electron chi connectivity index (χ2n) is 4.11. The fourth-order valence-electron chi connectivity index (χ4n) is 1.51. The van der Waals surface area contributed by atoms with E-state index in [0.29, 0.717) is 0 Å². The van der Waals surface area contributed by atoms with E-state index in [1.54, 1.807) is 18.3 Å². The molecule has 1 amide bonds. The van der Waals surface area contributed by atoms with Crippen LogP contribution >= 0.6 is 11.3 Å². The predicted octanol–water partition coefficient (Wildman–Crippen LogP) is 2.40. The number of hydrogen-bond acceptors (Lipinski definition) is 4. The molecule has 0 radical (unpaired) electrons. The number of nitrogens with zero attached hydrogens (tertiary/aromatic N) is 1. The molecule has 0 fully saturated rings. The second kappa shape index (κ2) is 5.29. The van der Waals surface area contributed by atoms with Gasteiger partial charge in [-0.05, 0) is 26.0 Å². The predicted molar refractivity (Wildman–Crippen MR) is 74.6 cm³/mol. The summed E-state index contributed by atoms with van der Waals surface area (Å²) in [5, 5.41) is 5.79. The van der Waals surface area contributed by atoms with Gasteiger partial charge in [0.25, 0.3) is 0 Å². The van der Waals surface area contributed by atoms with Crippen LogP contribution < -0.4 is 11.1 Å². The van der Waals surface area contributed by atoms with E-state index in [2.05, 4.69) is 10.3 Å². The Labute approximate surface area is 110 Å². The number of aromatic nitrogens is 1. The van der Waals surface area contributed by atoms with Crippen LogP contribution in [0.1, 0.15) is 11.9 Å². The monoisotopic (exact) mass is 261 g/mol. The summed E-state index contributed by atoms with van der Waals surface area (Å²) in [5.74, 6) is -0.193. The summed E-state index contributed by atoms with van der Waals surface area (Å²) in [6.45, 7) is 3.62. The van der Waals surface area contributed by atoms with Crippen molar-refractivity contribution in [2.75, 3.05) is 5.32 Å². The third-order valence-electron chi connectivity index (χ3n) is 2.46. The van der Waals surface area contributed by atoms with Crippen LogP contribution in [0.15, 0.2) is 29.6 Å². The number of aryl methyl sites for hydroxylation is 1. The minimum absolute atomic E-state index is 0.193. The maximum absolute atomic E-state index is 11.5. The number of amides is 1. The first-order chi connectivity index (χ1) is 8.56. The van der Waals surface area contributed by atoms with Crippen molar-refractivity contribution in [1.82, 2.24) is 4.98 Å². The SMILES string of the molecule is Cc1nc(-c2cccc(NC(=O)[C@H](C)N)c2)cs1. The average Bonchev–Trinajstić information content (AvgIpc) is 2.76. The maximum atomic E-state index is 11.5. The lowest BCUT2D eigenvalue weighted by molar-refractivity contribution is -0.117. The van der Waals surface area contributed by atoms with Crippen molar-refractivity contribution in [1.29, 1.82) is 0 Å². The number of carbonyl (C=O) groups is 1. The molecular formula is C13H15N3OS. The number of nitrogens with one attached hydrogen (secondary N) is 1. The number of carbonyl (C=O) groups excluding carboxylic acids is 1. The molecular weight excluding hydrogens is 246 g/mol. The van der Waals surface area contributed by atoms with Gasteiger partial charge >= 0.3 is 0 Å². The summed E-state index contributed by atoms with van der Waals surface area (Å²) in [4.78, 5) is 15.9. The topological polar surface area (TPSA) is 68.0 Å². The molecule has 2 aromatic rings. The summed E-state index contributed by atoms with van der Waals surface area (Å²) in [6, 6.07) is 7.07. The van der Waals surface area contributed by atoms with E-state index in [4.69, 9.17) is 5.73 Å². The first kappa shape index (κ1) is 12.7. The van der Waals surface area contributed by atoms with Gasteiger partial charge in [-0.2, -0.15) is 0 Å². The van der Waals surface area contributed by atoms with Gasteiger partial charge in [0, 0.05) is 16.6 Å². The van der Waals surface area contributed by atoms with Gasteiger partial charge in [0.2, 0.25) is 5.91 Å². The molecule has 2 rings (SSSR count). The molecule has 3 N–H and O–H groups in total. The third kappa shape index (κ3) is 2.94. The maximum Gasteiger partial charge on any atom is 0.240 e. The van der Waals surface area contributed by atoms with Crippen molar-refractivity contribution < 1.29 is 4.79 Å². The van der Waals surface area contributed by atoms with Gasteiger partial charge in [-0.15, -0.1) is 11.3 Å². The molecule has 18 heavy (non-hydrogen) atoms. The van der Waals surface area contributed by atoms with Crippen LogP contribution in [0.2, 0.25) is 0 Å².